The number of aromatic nitrogens is 3. The second-order valence-electron chi connectivity index (χ2n) is 6.24. The summed E-state index contributed by atoms with van der Waals surface area (Å²) in [4.78, 5) is 8.70. The van der Waals surface area contributed by atoms with E-state index in [0.717, 1.165) is 43.0 Å². The Bertz CT molecular complexity index is 684. The van der Waals surface area contributed by atoms with Crippen LogP contribution in [0.4, 0.5) is 5.82 Å². The largest absolute Gasteiger partial charge is 0.374 e. The Kier molecular flexibility index (Phi) is 3.98. The number of hydrogen-bond acceptors (Lipinski definition) is 7. The van der Waals surface area contributed by atoms with Gasteiger partial charge in [0.1, 0.15) is 5.82 Å². The second-order valence-corrected chi connectivity index (χ2v) is 7.35. The van der Waals surface area contributed by atoms with E-state index in [0.29, 0.717) is 17.8 Å². The van der Waals surface area contributed by atoms with Crippen molar-refractivity contribution in [2.24, 2.45) is 0 Å². The Labute approximate surface area is 139 Å². The molecule has 0 aromatic carbocycles. The highest BCUT2D eigenvalue weighted by Gasteiger charge is 2.40. The number of hydrogen-bond donors (Lipinski definition) is 1. The predicted molar refractivity (Wildman–Crippen MR) is 89.5 cm³/mol. The molecule has 2 aliphatic heterocycles. The Morgan fingerprint density at radius 1 is 1.43 bits per heavy atom. The van der Waals surface area contributed by atoms with Crippen molar-refractivity contribution < 1.29 is 9.26 Å². The summed E-state index contributed by atoms with van der Waals surface area (Å²) in [5.74, 6) is 4.34. The van der Waals surface area contributed by atoms with Crippen LogP contribution in [0.1, 0.15) is 25.1 Å². The highest BCUT2D eigenvalue weighted by molar-refractivity contribution is 7.99. The summed E-state index contributed by atoms with van der Waals surface area (Å²) in [6.45, 7) is 2.63. The topological polar surface area (TPSA) is 73.1 Å². The number of pyridine rings is 1. The van der Waals surface area contributed by atoms with Crippen molar-refractivity contribution in [2.75, 3.05) is 23.4 Å². The average Bonchev–Trinajstić information content (AvgIpc) is 3.17. The highest BCUT2D eigenvalue weighted by Crippen LogP contribution is 2.39. The van der Waals surface area contributed by atoms with Crippen LogP contribution >= 0.6 is 11.8 Å². The number of nitrogens with one attached hydrogen (secondary N) is 1. The SMILES string of the molecule is Cc1noc(-c2ccnc(NC3CCOC4(CCSC4)C3)c2)n1. The van der Waals surface area contributed by atoms with Crippen molar-refractivity contribution in [3.8, 4) is 11.5 Å². The molecular formula is C16H20N4O2S. The monoisotopic (exact) mass is 332 g/mol. The zero-order valence-electron chi connectivity index (χ0n) is 13.1. The molecule has 1 N–H and O–H groups in total. The lowest BCUT2D eigenvalue weighted by Crippen LogP contribution is -2.44. The maximum absolute atomic E-state index is 6.08. The maximum atomic E-state index is 6.08. The van der Waals surface area contributed by atoms with Gasteiger partial charge in [-0.3, -0.25) is 0 Å². The fourth-order valence-corrected chi connectivity index (χ4v) is 4.66. The van der Waals surface area contributed by atoms with Gasteiger partial charge in [-0.15, -0.1) is 0 Å². The summed E-state index contributed by atoms with van der Waals surface area (Å²) >= 11 is 1.99. The molecule has 7 heteroatoms. The number of ether oxygens (including phenoxy) is 1. The molecule has 2 aromatic heterocycles. The van der Waals surface area contributed by atoms with Gasteiger partial charge >= 0.3 is 0 Å². The van der Waals surface area contributed by atoms with Gasteiger partial charge in [-0.25, -0.2) is 4.98 Å². The molecule has 2 unspecified atom stereocenters. The highest BCUT2D eigenvalue weighted by atomic mass is 32.2. The van der Waals surface area contributed by atoms with Crippen LogP contribution in [0.15, 0.2) is 22.9 Å². The van der Waals surface area contributed by atoms with E-state index in [1.54, 1.807) is 6.20 Å². The quantitative estimate of drug-likeness (QED) is 0.926. The summed E-state index contributed by atoms with van der Waals surface area (Å²) in [6, 6.07) is 4.25. The first-order chi connectivity index (χ1) is 11.2. The van der Waals surface area contributed by atoms with Crippen LogP contribution in [0.2, 0.25) is 0 Å². The summed E-state index contributed by atoms with van der Waals surface area (Å²) in [7, 11) is 0. The first-order valence-electron chi connectivity index (χ1n) is 7.97. The van der Waals surface area contributed by atoms with Crippen molar-refractivity contribution in [2.45, 2.75) is 37.8 Å². The fraction of sp³-hybridized carbons (Fsp3) is 0.562. The van der Waals surface area contributed by atoms with Crippen molar-refractivity contribution in [3.63, 3.8) is 0 Å². The molecule has 4 rings (SSSR count). The number of thioether (sulfide) groups is 1. The van der Waals surface area contributed by atoms with Crippen LogP contribution in [0.5, 0.6) is 0 Å². The van der Waals surface area contributed by atoms with Gasteiger partial charge in [0, 0.05) is 30.2 Å². The summed E-state index contributed by atoms with van der Waals surface area (Å²) in [6.07, 6.45) is 4.99. The molecule has 0 amide bonds. The molecule has 2 saturated heterocycles. The minimum Gasteiger partial charge on any atom is -0.374 e. The lowest BCUT2D eigenvalue weighted by molar-refractivity contribution is -0.0628. The lowest BCUT2D eigenvalue weighted by atomic mass is 9.90. The van der Waals surface area contributed by atoms with Crippen LogP contribution in [-0.4, -0.2) is 44.9 Å². The Balaban J connectivity index is 1.48. The molecule has 122 valence electrons. The van der Waals surface area contributed by atoms with Crippen LogP contribution in [0.25, 0.3) is 11.5 Å². The number of rotatable bonds is 3. The third kappa shape index (κ3) is 3.21. The van der Waals surface area contributed by atoms with Gasteiger partial charge in [-0.2, -0.15) is 16.7 Å². The van der Waals surface area contributed by atoms with Gasteiger partial charge in [-0.05, 0) is 44.1 Å². The Hall–Kier alpha value is -1.60. The zero-order valence-corrected chi connectivity index (χ0v) is 13.9. The molecule has 0 aliphatic carbocycles. The number of nitrogens with zero attached hydrogens (tertiary/aromatic N) is 3. The maximum Gasteiger partial charge on any atom is 0.258 e. The van der Waals surface area contributed by atoms with E-state index < -0.39 is 0 Å². The standard InChI is InChI=1S/C16H20N4O2S/c1-11-18-15(22-20-11)12-2-5-17-14(8-12)19-13-3-6-21-16(9-13)4-7-23-10-16/h2,5,8,13H,3-4,6-7,9-10H2,1H3,(H,17,19). The molecule has 0 bridgehead atoms. The first-order valence-corrected chi connectivity index (χ1v) is 9.13. The Morgan fingerprint density at radius 3 is 3.17 bits per heavy atom. The molecule has 2 aromatic rings. The molecule has 2 atom stereocenters. The minimum atomic E-state index is 0.0712. The summed E-state index contributed by atoms with van der Waals surface area (Å²) < 4.78 is 11.3. The zero-order chi connectivity index (χ0) is 15.7. The summed E-state index contributed by atoms with van der Waals surface area (Å²) in [5, 5.41) is 7.40. The van der Waals surface area contributed by atoms with Crippen molar-refractivity contribution in [3.05, 3.63) is 24.2 Å². The van der Waals surface area contributed by atoms with Gasteiger partial charge in [-0.1, -0.05) is 5.16 Å². The molecule has 1 spiro atoms. The molecule has 6 nitrogen and oxygen atoms in total. The van der Waals surface area contributed by atoms with Crippen molar-refractivity contribution in [1.29, 1.82) is 0 Å². The molecule has 23 heavy (non-hydrogen) atoms. The second kappa shape index (κ2) is 6.13. The van der Waals surface area contributed by atoms with E-state index in [2.05, 4.69) is 20.4 Å². The van der Waals surface area contributed by atoms with Crippen LogP contribution < -0.4 is 5.32 Å². The van der Waals surface area contributed by atoms with E-state index in [1.165, 1.54) is 5.75 Å². The molecule has 0 radical (unpaired) electrons. The van der Waals surface area contributed by atoms with Gasteiger partial charge in [0.05, 0.1) is 5.60 Å². The summed E-state index contributed by atoms with van der Waals surface area (Å²) in [5.41, 5.74) is 0.961. The van der Waals surface area contributed by atoms with E-state index in [1.807, 2.05) is 30.8 Å². The van der Waals surface area contributed by atoms with Crippen LogP contribution in [0.3, 0.4) is 0 Å². The van der Waals surface area contributed by atoms with Gasteiger partial charge < -0.3 is 14.6 Å². The smallest absolute Gasteiger partial charge is 0.258 e. The van der Waals surface area contributed by atoms with Crippen LogP contribution in [0, 0.1) is 6.92 Å². The molecular weight excluding hydrogens is 312 g/mol. The first kappa shape index (κ1) is 15.0. The van der Waals surface area contributed by atoms with Crippen LogP contribution in [-0.2, 0) is 4.74 Å². The van der Waals surface area contributed by atoms with E-state index in [9.17, 15) is 0 Å². The average molecular weight is 332 g/mol. The van der Waals surface area contributed by atoms with Crippen molar-refractivity contribution in [1.82, 2.24) is 15.1 Å². The molecule has 0 saturated carbocycles. The molecule has 4 heterocycles. The third-order valence-electron chi connectivity index (χ3n) is 4.45. The van der Waals surface area contributed by atoms with E-state index >= 15 is 0 Å². The van der Waals surface area contributed by atoms with Gasteiger partial charge in [0.15, 0.2) is 5.82 Å². The number of aryl methyl sites for hydroxylation is 1. The Morgan fingerprint density at radius 2 is 2.39 bits per heavy atom. The third-order valence-corrected chi connectivity index (χ3v) is 5.67. The fourth-order valence-electron chi connectivity index (χ4n) is 3.28. The van der Waals surface area contributed by atoms with E-state index in [-0.39, 0.29) is 5.60 Å². The van der Waals surface area contributed by atoms with Gasteiger partial charge in [0.2, 0.25) is 0 Å². The van der Waals surface area contributed by atoms with Gasteiger partial charge in [0.25, 0.3) is 5.89 Å². The predicted octanol–water partition coefficient (Wildman–Crippen LogP) is 2.91. The molecule has 2 aliphatic rings. The lowest BCUT2D eigenvalue weighted by Gasteiger charge is -2.38. The normalized spacial score (nSPS) is 27.4. The minimum absolute atomic E-state index is 0.0712. The molecule has 2 fully saturated rings. The number of anilines is 1. The van der Waals surface area contributed by atoms with Crippen molar-refractivity contribution >= 4 is 17.6 Å². The van der Waals surface area contributed by atoms with E-state index in [4.69, 9.17) is 9.26 Å².